The molecule has 1 aliphatic carbocycles. The molecule has 1 saturated carbocycles. The zero-order valence-electron chi connectivity index (χ0n) is 49.4. The largest absolute Gasteiger partial charge is 0.489 e. The number of fused-ring (bicyclic) bond motifs is 6. The number of halogens is 4. The average molecular weight is 1260 g/mol. The first-order chi connectivity index (χ1) is 44.4. The first-order valence-corrected chi connectivity index (χ1v) is 28.8. The van der Waals surface area contributed by atoms with Gasteiger partial charge in [-0.25, -0.2) is 36.3 Å². The van der Waals surface area contributed by atoms with E-state index in [4.69, 9.17) is 37.9 Å². The van der Waals surface area contributed by atoms with Gasteiger partial charge in [-0.3, -0.25) is 29.1 Å². The van der Waals surface area contributed by atoms with E-state index in [0.717, 1.165) is 79.9 Å². The molecule has 6 aromatic carbocycles. The summed E-state index contributed by atoms with van der Waals surface area (Å²) in [5.74, 6) is -0.863. The molecule has 3 aliphatic rings. The highest BCUT2D eigenvalue weighted by molar-refractivity contribution is 6.05. The number of rotatable bonds is 16. The van der Waals surface area contributed by atoms with Gasteiger partial charge in [-0.05, 0) is 110 Å². The molecule has 0 radical (unpaired) electrons. The van der Waals surface area contributed by atoms with Gasteiger partial charge in [0, 0.05) is 74.5 Å². The number of anilines is 2. The molecule has 0 bridgehead atoms. The molecule has 0 spiro atoms. The van der Waals surface area contributed by atoms with Crippen molar-refractivity contribution in [2.45, 2.75) is 26.7 Å². The van der Waals surface area contributed by atoms with Crippen LogP contribution in [0.25, 0.3) is 33.2 Å². The lowest BCUT2D eigenvalue weighted by Gasteiger charge is -2.24. The highest BCUT2D eigenvalue weighted by atomic mass is 19.1. The number of pyridine rings is 2. The monoisotopic (exact) mass is 1260 g/mol. The van der Waals surface area contributed by atoms with Crippen LogP contribution in [-0.4, -0.2) is 79.7 Å². The maximum Gasteiger partial charge on any atom is 0.335 e. The predicted octanol–water partition coefficient (Wildman–Crippen LogP) is 10.2. The van der Waals surface area contributed by atoms with Crippen LogP contribution in [0.3, 0.4) is 0 Å². The predicted molar refractivity (Wildman–Crippen MR) is 327 cm³/mol. The third-order valence-corrected chi connectivity index (χ3v) is 14.6. The number of amides is 2. The van der Waals surface area contributed by atoms with Crippen LogP contribution >= 0.6 is 0 Å². The van der Waals surface area contributed by atoms with Crippen molar-refractivity contribution in [2.75, 3.05) is 50.3 Å². The third kappa shape index (κ3) is 12.6. The van der Waals surface area contributed by atoms with Gasteiger partial charge in [0.05, 0.1) is 46.4 Å². The minimum Gasteiger partial charge on any atom is -0.489 e. The van der Waals surface area contributed by atoms with E-state index in [1.165, 1.54) is 75.0 Å². The third-order valence-electron chi connectivity index (χ3n) is 14.6. The van der Waals surface area contributed by atoms with E-state index in [1.54, 1.807) is 24.3 Å². The van der Waals surface area contributed by atoms with Crippen molar-refractivity contribution in [3.05, 3.63) is 210 Å². The number of hydrogen-bond donors (Lipinski definition) is 2. The maximum absolute atomic E-state index is 15.4. The Kier molecular flexibility index (Phi) is 16.9. The summed E-state index contributed by atoms with van der Waals surface area (Å²) < 4.78 is 109. The van der Waals surface area contributed by atoms with Crippen LogP contribution in [0.1, 0.15) is 47.4 Å². The Morgan fingerprint density at radius 2 is 0.946 bits per heavy atom. The Hall–Kier alpha value is -11.4. The SMILES string of the molecule is CC(C)COc1cc2nccc(Oc3ccc(NC(=O)c4cn(C)c(=O)n(-c5ccc(F)cc5)c4=O)cc3F)c2c2c1OCCO2.Cn1cc(C(=O)Nc2ccc(Oc3ccnc4cc(OCC5CC5)c5c(c34)OCCO5)c(F)c2)c(=O)n(-c2ccc(F)cc2)c1=O. The van der Waals surface area contributed by atoms with E-state index in [-0.39, 0.29) is 69.4 Å². The number of benzene rings is 6. The maximum atomic E-state index is 15.4. The number of carbonyl (C=O) groups is 2. The van der Waals surface area contributed by atoms with E-state index in [2.05, 4.69) is 20.6 Å². The van der Waals surface area contributed by atoms with Crippen LogP contribution in [0.2, 0.25) is 0 Å². The minimum absolute atomic E-state index is 0.0251. The van der Waals surface area contributed by atoms with Crippen molar-refractivity contribution in [3.8, 4) is 68.9 Å². The fourth-order valence-corrected chi connectivity index (χ4v) is 9.92. The number of aromatic nitrogens is 6. The zero-order valence-corrected chi connectivity index (χ0v) is 49.4. The molecule has 6 heterocycles. The molecule has 26 heteroatoms. The van der Waals surface area contributed by atoms with Crippen LogP contribution in [0, 0.1) is 35.1 Å². The number of nitrogens with one attached hydrogen (secondary N) is 2. The van der Waals surface area contributed by atoms with Crippen molar-refractivity contribution in [1.82, 2.24) is 28.2 Å². The topological polar surface area (TPSA) is 246 Å². The lowest BCUT2D eigenvalue weighted by Crippen LogP contribution is -2.41. The van der Waals surface area contributed by atoms with Crippen LogP contribution in [-0.2, 0) is 14.1 Å². The second kappa shape index (κ2) is 25.6. The van der Waals surface area contributed by atoms with E-state index >= 15 is 8.78 Å². The minimum atomic E-state index is -0.926. The molecule has 2 aliphatic heterocycles. The van der Waals surface area contributed by atoms with Gasteiger partial charge in [0.15, 0.2) is 46.1 Å². The molecule has 1 fully saturated rings. The molecule has 10 aromatic rings. The summed E-state index contributed by atoms with van der Waals surface area (Å²) in [5, 5.41) is 5.92. The van der Waals surface area contributed by atoms with E-state index in [0.29, 0.717) is 95.3 Å². The van der Waals surface area contributed by atoms with E-state index < -0.39 is 57.6 Å². The molecular weight excluding hydrogens is 1200 g/mol. The molecule has 0 saturated heterocycles. The van der Waals surface area contributed by atoms with Gasteiger partial charge in [0.1, 0.15) is 60.7 Å². The number of nitrogens with zero attached hydrogens (tertiary/aromatic N) is 6. The van der Waals surface area contributed by atoms with Crippen LogP contribution in [0.15, 0.2) is 153 Å². The number of hydrogen-bond acceptors (Lipinski definition) is 16. The Morgan fingerprint density at radius 3 is 1.35 bits per heavy atom. The molecule has 13 rings (SSSR count). The van der Waals surface area contributed by atoms with Crippen LogP contribution in [0.5, 0.6) is 57.5 Å². The number of carbonyl (C=O) groups excluding carboxylic acids is 2. The molecular formula is C66H54F4N8O14. The molecule has 2 N–H and O–H groups in total. The number of aryl methyl sites for hydroxylation is 2. The molecule has 0 atom stereocenters. The highest BCUT2D eigenvalue weighted by Crippen LogP contribution is 2.51. The summed E-state index contributed by atoms with van der Waals surface area (Å²) in [5.41, 5.74) is -2.87. The summed E-state index contributed by atoms with van der Waals surface area (Å²) in [6.45, 7) is 6.34. The Bertz CT molecular complexity index is 4530. The van der Waals surface area contributed by atoms with Crippen LogP contribution in [0.4, 0.5) is 28.9 Å². The Balaban J connectivity index is 0.000000177. The normalized spacial score (nSPS) is 13.1. The summed E-state index contributed by atoms with van der Waals surface area (Å²) >= 11 is 0. The molecule has 4 aromatic heterocycles. The fraction of sp³-hybridized carbons (Fsp3) is 0.212. The van der Waals surface area contributed by atoms with Gasteiger partial charge in [0.25, 0.3) is 22.9 Å². The van der Waals surface area contributed by atoms with Crippen molar-refractivity contribution in [2.24, 2.45) is 25.9 Å². The zero-order chi connectivity index (χ0) is 64.5. The summed E-state index contributed by atoms with van der Waals surface area (Å²) in [4.78, 5) is 86.8. The van der Waals surface area contributed by atoms with Gasteiger partial charge in [0.2, 0.25) is 11.5 Å². The molecule has 470 valence electrons. The average Bonchev–Trinajstić information content (AvgIpc) is 1.73. The molecule has 0 unspecified atom stereocenters. The second-order valence-electron chi connectivity index (χ2n) is 21.8. The van der Waals surface area contributed by atoms with Gasteiger partial charge >= 0.3 is 11.4 Å². The lowest BCUT2D eigenvalue weighted by molar-refractivity contribution is 0.101. The quantitative estimate of drug-likeness (QED) is 0.0854. The first-order valence-electron chi connectivity index (χ1n) is 28.8. The summed E-state index contributed by atoms with van der Waals surface area (Å²) in [6, 6.07) is 23.5. The van der Waals surface area contributed by atoms with Gasteiger partial charge < -0.3 is 57.7 Å². The van der Waals surface area contributed by atoms with Crippen molar-refractivity contribution in [1.29, 1.82) is 0 Å². The highest BCUT2D eigenvalue weighted by Gasteiger charge is 2.30. The molecule has 92 heavy (non-hydrogen) atoms. The summed E-state index contributed by atoms with van der Waals surface area (Å²) in [6.07, 6.45) is 7.45. The molecule has 2 amide bonds. The van der Waals surface area contributed by atoms with Crippen molar-refractivity contribution in [3.63, 3.8) is 0 Å². The second-order valence-corrected chi connectivity index (χ2v) is 21.8. The van der Waals surface area contributed by atoms with Crippen LogP contribution < -0.4 is 71.0 Å². The number of ether oxygens (including phenoxy) is 8. The standard InChI is InChI=1S/C33H26F2N4O7.C33H28F2N4O7/c1-38-16-22(32(41)39(33(38)42)21-7-4-19(34)5-8-21)31(40)37-20-6-9-25(23(35)14-20)46-26-10-11-36-24-15-27(45-17-18-2-3-18)29-30(28(24)26)44-13-12-43-29;1-18(2)17-45-27-15-24-28(30-29(27)43-12-13-44-30)26(10-11-36-24)46-25-9-6-20(14-23(25)35)37-31(40)22-16-38(3)33(42)39(32(22)41)21-7-4-19(34)5-8-21/h4-11,14-16,18H,2-3,12-13,17H2,1H3,(H,37,40);4-11,14-16,18H,12-13,17H2,1-3H3,(H,37,40). The van der Waals surface area contributed by atoms with Gasteiger partial charge in [-0.1, -0.05) is 13.8 Å². The summed E-state index contributed by atoms with van der Waals surface area (Å²) in [7, 11) is 2.73. The van der Waals surface area contributed by atoms with E-state index in [9.17, 15) is 37.5 Å². The Morgan fingerprint density at radius 1 is 0.533 bits per heavy atom. The fourth-order valence-electron chi connectivity index (χ4n) is 9.92. The van der Waals surface area contributed by atoms with Gasteiger partial charge in [-0.15, -0.1) is 0 Å². The van der Waals surface area contributed by atoms with Crippen molar-refractivity contribution < 1.29 is 65.0 Å². The van der Waals surface area contributed by atoms with E-state index in [1.807, 2.05) is 13.8 Å². The first kappa shape index (κ1) is 60.8. The lowest BCUT2D eigenvalue weighted by atomic mass is 10.1. The van der Waals surface area contributed by atoms with Gasteiger partial charge in [-0.2, -0.15) is 0 Å². The smallest absolute Gasteiger partial charge is 0.335 e. The molecule has 22 nitrogen and oxygen atoms in total. The Labute approximate surface area is 518 Å². The van der Waals surface area contributed by atoms with Crippen molar-refractivity contribution >= 4 is 45.0 Å².